The molecule has 0 saturated carbocycles. The largest absolute Gasteiger partial charge is 0.493 e. The van der Waals surface area contributed by atoms with Crippen molar-refractivity contribution < 1.29 is 9.47 Å². The number of hydrogen-bond donors (Lipinski definition) is 0. The minimum absolute atomic E-state index is 0.207. The molecule has 0 aliphatic heterocycles. The van der Waals surface area contributed by atoms with Crippen LogP contribution in [0.2, 0.25) is 0 Å². The molecule has 24 heavy (non-hydrogen) atoms. The molecule has 3 rings (SSSR count). The summed E-state index contributed by atoms with van der Waals surface area (Å²) in [6.07, 6.45) is 1.48. The van der Waals surface area contributed by atoms with Crippen LogP contribution in [0, 0.1) is 10.7 Å². The number of hydrogen-bond acceptors (Lipinski definition) is 6. The maximum atomic E-state index is 12.8. The van der Waals surface area contributed by atoms with Crippen molar-refractivity contribution in [1.29, 1.82) is 5.26 Å². The number of thiocyanates is 1. The van der Waals surface area contributed by atoms with Crippen molar-refractivity contribution in [1.82, 2.24) is 9.55 Å². The van der Waals surface area contributed by atoms with Gasteiger partial charge in [0, 0.05) is 11.0 Å². The van der Waals surface area contributed by atoms with E-state index in [9.17, 15) is 4.79 Å². The minimum atomic E-state index is -0.207. The number of nitriles is 1. The molecule has 2 aromatic carbocycles. The van der Waals surface area contributed by atoms with Crippen molar-refractivity contribution in [3.8, 4) is 22.6 Å². The van der Waals surface area contributed by atoms with E-state index in [1.54, 1.807) is 36.4 Å². The van der Waals surface area contributed by atoms with E-state index in [-0.39, 0.29) is 5.56 Å². The van der Waals surface area contributed by atoms with Crippen LogP contribution in [0.15, 0.2) is 52.4 Å². The van der Waals surface area contributed by atoms with E-state index in [1.165, 1.54) is 25.1 Å². The first-order chi connectivity index (χ1) is 11.7. The fraction of sp³-hybridized carbons (Fsp3) is 0.118. The average molecular weight is 339 g/mol. The SMILES string of the molecule is COc1cc2ncn(-c3ccc(SC#N)cc3)c(=O)c2cc1OC. The van der Waals surface area contributed by atoms with Crippen LogP contribution in [0.4, 0.5) is 0 Å². The van der Waals surface area contributed by atoms with E-state index in [4.69, 9.17) is 14.7 Å². The van der Waals surface area contributed by atoms with Gasteiger partial charge in [-0.05, 0) is 42.1 Å². The molecule has 0 amide bonds. The van der Waals surface area contributed by atoms with Gasteiger partial charge in [-0.25, -0.2) is 4.98 Å². The Morgan fingerprint density at radius 3 is 2.42 bits per heavy atom. The minimum Gasteiger partial charge on any atom is -0.493 e. The smallest absolute Gasteiger partial charge is 0.265 e. The topological polar surface area (TPSA) is 77.1 Å². The first-order valence-electron chi connectivity index (χ1n) is 6.97. The molecule has 0 spiro atoms. The predicted molar refractivity (Wildman–Crippen MR) is 91.9 cm³/mol. The number of methoxy groups -OCH3 is 2. The molecule has 0 saturated heterocycles. The molecule has 0 unspecified atom stereocenters. The highest BCUT2D eigenvalue weighted by molar-refractivity contribution is 8.03. The molecular formula is C17H13N3O3S. The van der Waals surface area contributed by atoms with Crippen LogP contribution in [-0.2, 0) is 0 Å². The third-order valence-electron chi connectivity index (χ3n) is 3.54. The van der Waals surface area contributed by atoms with Gasteiger partial charge < -0.3 is 9.47 Å². The third-order valence-corrected chi connectivity index (χ3v) is 4.14. The molecule has 0 N–H and O–H groups in total. The molecule has 120 valence electrons. The van der Waals surface area contributed by atoms with Gasteiger partial charge >= 0.3 is 0 Å². The molecule has 0 atom stereocenters. The van der Waals surface area contributed by atoms with E-state index in [0.29, 0.717) is 28.1 Å². The number of nitrogens with zero attached hydrogens (tertiary/aromatic N) is 3. The van der Waals surface area contributed by atoms with Gasteiger partial charge in [0.15, 0.2) is 11.5 Å². The number of fused-ring (bicyclic) bond motifs is 1. The summed E-state index contributed by atoms with van der Waals surface area (Å²) in [6, 6.07) is 10.4. The van der Waals surface area contributed by atoms with Crippen LogP contribution in [0.25, 0.3) is 16.6 Å². The van der Waals surface area contributed by atoms with Crippen LogP contribution < -0.4 is 15.0 Å². The Balaban J connectivity index is 2.14. The number of benzene rings is 2. The first-order valence-corrected chi connectivity index (χ1v) is 7.79. The number of aromatic nitrogens is 2. The molecule has 6 nitrogen and oxygen atoms in total. The van der Waals surface area contributed by atoms with Crippen molar-refractivity contribution in [2.45, 2.75) is 4.90 Å². The molecular weight excluding hydrogens is 326 g/mol. The molecule has 0 fully saturated rings. The lowest BCUT2D eigenvalue weighted by Gasteiger charge is -2.10. The Hall–Kier alpha value is -2.98. The van der Waals surface area contributed by atoms with E-state index >= 15 is 0 Å². The molecule has 7 heteroatoms. The van der Waals surface area contributed by atoms with Crippen LogP contribution >= 0.6 is 11.8 Å². The number of thioether (sulfide) groups is 1. The van der Waals surface area contributed by atoms with Crippen LogP contribution in [0.3, 0.4) is 0 Å². The van der Waals surface area contributed by atoms with Gasteiger partial charge in [0.1, 0.15) is 11.7 Å². The number of rotatable bonds is 4. The highest BCUT2D eigenvalue weighted by atomic mass is 32.2. The van der Waals surface area contributed by atoms with Gasteiger partial charge in [-0.1, -0.05) is 0 Å². The lowest BCUT2D eigenvalue weighted by Crippen LogP contribution is -2.18. The number of ether oxygens (including phenoxy) is 2. The zero-order chi connectivity index (χ0) is 17.1. The maximum Gasteiger partial charge on any atom is 0.265 e. The van der Waals surface area contributed by atoms with Crippen LogP contribution in [0.5, 0.6) is 11.5 Å². The molecule has 1 aromatic heterocycles. The van der Waals surface area contributed by atoms with E-state index in [1.807, 2.05) is 5.40 Å². The zero-order valence-electron chi connectivity index (χ0n) is 13.0. The van der Waals surface area contributed by atoms with E-state index in [0.717, 1.165) is 16.7 Å². The summed E-state index contributed by atoms with van der Waals surface area (Å²) in [5, 5.41) is 11.1. The highest BCUT2D eigenvalue weighted by Gasteiger charge is 2.11. The van der Waals surface area contributed by atoms with Gasteiger partial charge in [0.25, 0.3) is 5.56 Å². The van der Waals surface area contributed by atoms with Crippen LogP contribution in [-0.4, -0.2) is 23.8 Å². The first kappa shape index (κ1) is 15.9. The van der Waals surface area contributed by atoms with E-state index in [2.05, 4.69) is 4.98 Å². The Morgan fingerprint density at radius 2 is 1.79 bits per heavy atom. The monoisotopic (exact) mass is 339 g/mol. The quantitative estimate of drug-likeness (QED) is 0.537. The Labute approximate surface area is 142 Å². The van der Waals surface area contributed by atoms with Crippen molar-refractivity contribution >= 4 is 22.7 Å². The Kier molecular flexibility index (Phi) is 4.40. The fourth-order valence-electron chi connectivity index (χ4n) is 2.36. The van der Waals surface area contributed by atoms with Gasteiger partial charge in [-0.2, -0.15) is 5.26 Å². The molecule has 0 bridgehead atoms. The van der Waals surface area contributed by atoms with Gasteiger partial charge in [-0.3, -0.25) is 9.36 Å². The summed E-state index contributed by atoms with van der Waals surface area (Å²) < 4.78 is 11.9. The average Bonchev–Trinajstić information content (AvgIpc) is 2.62. The lowest BCUT2D eigenvalue weighted by molar-refractivity contribution is 0.355. The summed E-state index contributed by atoms with van der Waals surface area (Å²) in [7, 11) is 3.05. The summed E-state index contributed by atoms with van der Waals surface area (Å²) in [4.78, 5) is 17.9. The van der Waals surface area contributed by atoms with Gasteiger partial charge in [0.05, 0.1) is 30.8 Å². The summed E-state index contributed by atoms with van der Waals surface area (Å²) >= 11 is 1.07. The van der Waals surface area contributed by atoms with Crippen LogP contribution in [0.1, 0.15) is 0 Å². The molecule has 1 heterocycles. The lowest BCUT2D eigenvalue weighted by atomic mass is 10.2. The second-order valence-corrected chi connectivity index (χ2v) is 5.69. The second-order valence-electron chi connectivity index (χ2n) is 4.83. The summed E-state index contributed by atoms with van der Waals surface area (Å²) in [5.41, 5.74) is 0.999. The Bertz CT molecular complexity index is 991. The van der Waals surface area contributed by atoms with Gasteiger partial charge in [-0.15, -0.1) is 0 Å². The summed E-state index contributed by atoms with van der Waals surface area (Å²) in [6.45, 7) is 0. The zero-order valence-corrected chi connectivity index (χ0v) is 13.8. The normalized spacial score (nSPS) is 10.4. The molecule has 0 aliphatic rings. The van der Waals surface area contributed by atoms with Crippen molar-refractivity contribution in [3.05, 3.63) is 53.1 Å². The van der Waals surface area contributed by atoms with E-state index < -0.39 is 0 Å². The third kappa shape index (κ3) is 2.79. The molecule has 0 radical (unpaired) electrons. The predicted octanol–water partition coefficient (Wildman–Crippen LogP) is 2.98. The highest BCUT2D eigenvalue weighted by Crippen LogP contribution is 2.30. The summed E-state index contributed by atoms with van der Waals surface area (Å²) in [5.74, 6) is 0.995. The van der Waals surface area contributed by atoms with Gasteiger partial charge in [0.2, 0.25) is 0 Å². The standard InChI is InChI=1S/C17H13N3O3S/c1-22-15-7-13-14(8-16(15)23-2)19-10-20(17(13)21)11-3-5-12(6-4-11)24-9-18/h3-8,10H,1-2H3. The second kappa shape index (κ2) is 6.64. The molecule has 3 aromatic rings. The molecule has 0 aliphatic carbocycles. The van der Waals surface area contributed by atoms with Crippen molar-refractivity contribution in [2.24, 2.45) is 0 Å². The van der Waals surface area contributed by atoms with Crippen molar-refractivity contribution in [3.63, 3.8) is 0 Å². The van der Waals surface area contributed by atoms with Crippen molar-refractivity contribution in [2.75, 3.05) is 14.2 Å². The Morgan fingerprint density at radius 1 is 1.12 bits per heavy atom. The fourth-order valence-corrected chi connectivity index (χ4v) is 2.74. The maximum absolute atomic E-state index is 12.8.